The number of hydrogen-bond acceptors (Lipinski definition) is 4. The Bertz CT molecular complexity index is 765. The van der Waals surface area contributed by atoms with Crippen molar-refractivity contribution < 1.29 is 5.11 Å². The molecule has 1 aromatic carbocycles. The van der Waals surface area contributed by atoms with E-state index in [9.17, 15) is 5.11 Å². The van der Waals surface area contributed by atoms with Gasteiger partial charge in [-0.1, -0.05) is 35.3 Å². The van der Waals surface area contributed by atoms with Gasteiger partial charge in [0.1, 0.15) is 18.8 Å². The summed E-state index contributed by atoms with van der Waals surface area (Å²) in [5.74, 6) is 0. The summed E-state index contributed by atoms with van der Waals surface area (Å²) in [4.78, 5) is 8.08. The fraction of sp³-hybridized carbons (Fsp3) is 0.188. The lowest BCUT2D eigenvalue weighted by atomic mass is 9.97. The number of aromatic nitrogens is 4. The number of pyridine rings is 1. The van der Waals surface area contributed by atoms with Gasteiger partial charge in [-0.25, -0.2) is 9.67 Å². The van der Waals surface area contributed by atoms with Crippen LogP contribution in [-0.2, 0) is 6.42 Å². The molecule has 0 spiro atoms. The number of nitrogens with zero attached hydrogens (tertiary/aromatic N) is 4. The molecular weight excluding hydrogens is 335 g/mol. The molecule has 0 amide bonds. The first kappa shape index (κ1) is 15.9. The van der Waals surface area contributed by atoms with Crippen LogP contribution in [0.1, 0.15) is 23.3 Å². The minimum absolute atomic E-state index is 0.361. The summed E-state index contributed by atoms with van der Waals surface area (Å²) in [6.07, 6.45) is 6.17. The van der Waals surface area contributed by atoms with Gasteiger partial charge in [-0.15, -0.1) is 0 Å². The standard InChI is InChI=1S/C16H14Cl2N4O/c17-12-3-4-13(14(18)7-12)16(23)15(22-10-20-9-21-22)6-11-2-1-5-19-8-11/h1-5,7-10,15-16,23H,6H2/t15-,16-/m0/s1. The van der Waals surface area contributed by atoms with Gasteiger partial charge < -0.3 is 5.11 Å². The zero-order valence-corrected chi connectivity index (χ0v) is 13.6. The molecule has 0 unspecified atom stereocenters. The first-order valence-electron chi connectivity index (χ1n) is 7.01. The van der Waals surface area contributed by atoms with Gasteiger partial charge in [0.2, 0.25) is 0 Å². The minimum atomic E-state index is -0.860. The quantitative estimate of drug-likeness (QED) is 0.766. The molecule has 0 aliphatic carbocycles. The van der Waals surface area contributed by atoms with Crippen LogP contribution in [0.3, 0.4) is 0 Å². The second kappa shape index (κ2) is 7.08. The summed E-state index contributed by atoms with van der Waals surface area (Å²) in [6, 6.07) is 8.49. The van der Waals surface area contributed by atoms with E-state index in [1.54, 1.807) is 41.6 Å². The second-order valence-corrected chi connectivity index (χ2v) is 5.96. The highest BCUT2D eigenvalue weighted by Gasteiger charge is 2.25. The summed E-state index contributed by atoms with van der Waals surface area (Å²) in [5.41, 5.74) is 1.58. The van der Waals surface area contributed by atoms with E-state index in [4.69, 9.17) is 23.2 Å². The van der Waals surface area contributed by atoms with Crippen LogP contribution in [0, 0.1) is 0 Å². The smallest absolute Gasteiger partial charge is 0.137 e. The molecule has 1 N–H and O–H groups in total. The molecule has 7 heteroatoms. The Morgan fingerprint density at radius 3 is 2.70 bits per heavy atom. The molecule has 3 aromatic rings. The van der Waals surface area contributed by atoms with Crippen LogP contribution in [-0.4, -0.2) is 24.9 Å². The van der Waals surface area contributed by atoms with E-state index in [1.165, 1.54) is 6.33 Å². The van der Waals surface area contributed by atoms with Crippen molar-refractivity contribution >= 4 is 23.2 Å². The Balaban J connectivity index is 1.94. The van der Waals surface area contributed by atoms with Crippen LogP contribution in [0.5, 0.6) is 0 Å². The molecule has 0 bridgehead atoms. The average molecular weight is 349 g/mol. The highest BCUT2D eigenvalue weighted by Crippen LogP contribution is 2.34. The maximum atomic E-state index is 10.8. The molecular formula is C16H14Cl2N4O. The molecule has 2 atom stereocenters. The molecule has 0 aliphatic heterocycles. The Morgan fingerprint density at radius 1 is 1.17 bits per heavy atom. The SMILES string of the molecule is O[C@@H](c1ccc(Cl)cc1Cl)[C@H](Cc1cccnc1)n1cncn1. The molecule has 118 valence electrons. The molecule has 0 saturated heterocycles. The molecule has 3 rings (SSSR count). The monoisotopic (exact) mass is 348 g/mol. The second-order valence-electron chi connectivity index (χ2n) is 5.12. The first-order valence-corrected chi connectivity index (χ1v) is 7.77. The van der Waals surface area contributed by atoms with Crippen molar-refractivity contribution in [3.8, 4) is 0 Å². The van der Waals surface area contributed by atoms with Gasteiger partial charge in [-0.05, 0) is 30.2 Å². The average Bonchev–Trinajstić information content (AvgIpc) is 3.07. The normalized spacial score (nSPS) is 13.7. The summed E-state index contributed by atoms with van der Waals surface area (Å²) >= 11 is 12.2. The number of aliphatic hydroxyl groups excluding tert-OH is 1. The lowest BCUT2D eigenvalue weighted by Crippen LogP contribution is -2.21. The van der Waals surface area contributed by atoms with Gasteiger partial charge in [0, 0.05) is 28.0 Å². The van der Waals surface area contributed by atoms with E-state index in [2.05, 4.69) is 15.1 Å². The van der Waals surface area contributed by atoms with E-state index in [-0.39, 0.29) is 6.04 Å². The van der Waals surface area contributed by atoms with Crippen molar-refractivity contribution in [2.45, 2.75) is 18.6 Å². The van der Waals surface area contributed by atoms with Gasteiger partial charge in [-0.2, -0.15) is 5.10 Å². The third-order valence-electron chi connectivity index (χ3n) is 3.59. The van der Waals surface area contributed by atoms with Crippen molar-refractivity contribution in [1.82, 2.24) is 19.7 Å². The fourth-order valence-corrected chi connectivity index (χ4v) is 2.97. The minimum Gasteiger partial charge on any atom is -0.386 e. The Hall–Kier alpha value is -1.95. The maximum Gasteiger partial charge on any atom is 0.137 e. The van der Waals surface area contributed by atoms with Gasteiger partial charge in [0.25, 0.3) is 0 Å². The molecule has 0 fully saturated rings. The Labute approximate surface area is 143 Å². The number of hydrogen-bond donors (Lipinski definition) is 1. The number of benzene rings is 1. The molecule has 2 heterocycles. The molecule has 0 radical (unpaired) electrons. The van der Waals surface area contributed by atoms with Crippen LogP contribution in [0.25, 0.3) is 0 Å². The number of aliphatic hydroxyl groups is 1. The zero-order valence-electron chi connectivity index (χ0n) is 12.0. The summed E-state index contributed by atoms with van der Waals surface area (Å²) in [5, 5.41) is 16.0. The summed E-state index contributed by atoms with van der Waals surface area (Å²) < 4.78 is 1.63. The van der Waals surface area contributed by atoms with Crippen LogP contribution >= 0.6 is 23.2 Å². The van der Waals surface area contributed by atoms with Crippen LogP contribution in [0.2, 0.25) is 10.0 Å². The Kier molecular flexibility index (Phi) is 4.91. The highest BCUT2D eigenvalue weighted by atomic mass is 35.5. The topological polar surface area (TPSA) is 63.8 Å². The molecule has 0 aliphatic rings. The van der Waals surface area contributed by atoms with E-state index >= 15 is 0 Å². The predicted octanol–water partition coefficient (Wildman–Crippen LogP) is 3.50. The van der Waals surface area contributed by atoms with Crippen molar-refractivity contribution in [3.63, 3.8) is 0 Å². The molecule has 2 aromatic heterocycles. The summed E-state index contributed by atoms with van der Waals surface area (Å²) in [6.45, 7) is 0. The third-order valence-corrected chi connectivity index (χ3v) is 4.15. The summed E-state index contributed by atoms with van der Waals surface area (Å²) in [7, 11) is 0. The molecule has 5 nitrogen and oxygen atoms in total. The van der Waals surface area contributed by atoms with Gasteiger partial charge in [-0.3, -0.25) is 4.98 Å². The van der Waals surface area contributed by atoms with Gasteiger partial charge in [0.15, 0.2) is 0 Å². The van der Waals surface area contributed by atoms with Crippen molar-refractivity contribution in [3.05, 3.63) is 76.6 Å². The van der Waals surface area contributed by atoms with Gasteiger partial charge >= 0.3 is 0 Å². The zero-order chi connectivity index (χ0) is 16.2. The predicted molar refractivity (Wildman–Crippen MR) is 88.4 cm³/mol. The first-order chi connectivity index (χ1) is 11.1. The Morgan fingerprint density at radius 2 is 2.04 bits per heavy atom. The molecule has 23 heavy (non-hydrogen) atoms. The van der Waals surface area contributed by atoms with Crippen molar-refractivity contribution in [2.24, 2.45) is 0 Å². The van der Waals surface area contributed by atoms with Crippen LogP contribution in [0.4, 0.5) is 0 Å². The van der Waals surface area contributed by atoms with E-state index in [0.29, 0.717) is 22.0 Å². The van der Waals surface area contributed by atoms with E-state index < -0.39 is 6.10 Å². The highest BCUT2D eigenvalue weighted by molar-refractivity contribution is 6.35. The van der Waals surface area contributed by atoms with Crippen molar-refractivity contribution in [2.75, 3.05) is 0 Å². The number of rotatable bonds is 5. The fourth-order valence-electron chi connectivity index (χ4n) is 2.45. The number of halogens is 2. The lowest BCUT2D eigenvalue weighted by Gasteiger charge is -2.24. The van der Waals surface area contributed by atoms with Crippen LogP contribution in [0.15, 0.2) is 55.4 Å². The lowest BCUT2D eigenvalue weighted by molar-refractivity contribution is 0.106. The van der Waals surface area contributed by atoms with Crippen molar-refractivity contribution in [1.29, 1.82) is 0 Å². The van der Waals surface area contributed by atoms with E-state index in [1.807, 2.05) is 12.1 Å². The van der Waals surface area contributed by atoms with Gasteiger partial charge in [0.05, 0.1) is 6.04 Å². The third kappa shape index (κ3) is 3.69. The maximum absolute atomic E-state index is 10.8. The molecule has 0 saturated carbocycles. The largest absolute Gasteiger partial charge is 0.386 e. The van der Waals surface area contributed by atoms with E-state index in [0.717, 1.165) is 5.56 Å². The van der Waals surface area contributed by atoms with Crippen LogP contribution < -0.4 is 0 Å².